The van der Waals surface area contributed by atoms with E-state index in [0.717, 1.165) is 11.3 Å². The molecule has 0 spiro atoms. The molecule has 3 rings (SSSR count). The fraction of sp³-hybridized carbons (Fsp3) is 0.182. The van der Waals surface area contributed by atoms with Crippen molar-refractivity contribution in [2.75, 3.05) is 0 Å². The number of rotatable bonds is 1. The van der Waals surface area contributed by atoms with Crippen LogP contribution < -0.4 is 0 Å². The Hall–Kier alpha value is -2.16. The second kappa shape index (κ2) is 4.17. The first-order valence-corrected chi connectivity index (χ1v) is 6.28. The number of hydrogen-bond donors (Lipinski definition) is 1. The molecule has 3 aromatic rings. The summed E-state index contributed by atoms with van der Waals surface area (Å²) in [7, 11) is 0. The highest BCUT2D eigenvalue weighted by molar-refractivity contribution is 7.19. The third-order valence-corrected chi connectivity index (χ3v) is 3.64. The summed E-state index contributed by atoms with van der Waals surface area (Å²) in [6.45, 7) is 1.69. The molecule has 1 aromatic carbocycles. The lowest BCUT2D eigenvalue weighted by Crippen LogP contribution is -2.11. The van der Waals surface area contributed by atoms with Crippen molar-refractivity contribution in [1.29, 1.82) is 0 Å². The number of hydrogen-bond acceptors (Lipinski definition) is 5. The van der Waals surface area contributed by atoms with Crippen LogP contribution >= 0.6 is 11.3 Å². The summed E-state index contributed by atoms with van der Waals surface area (Å²) in [5.74, 6) is -1.19. The van der Waals surface area contributed by atoms with Crippen LogP contribution in [0.5, 0.6) is 5.75 Å². The van der Waals surface area contributed by atoms with Crippen molar-refractivity contribution in [1.82, 2.24) is 19.8 Å². The van der Waals surface area contributed by atoms with Gasteiger partial charge in [0, 0.05) is 0 Å². The highest BCUT2D eigenvalue weighted by Crippen LogP contribution is 2.36. The molecule has 2 aromatic heterocycles. The molecule has 5 nitrogen and oxygen atoms in total. The van der Waals surface area contributed by atoms with Gasteiger partial charge in [-0.15, -0.1) is 10.2 Å². The molecule has 0 aliphatic carbocycles. The first kappa shape index (κ1) is 12.9. The fourth-order valence-corrected chi connectivity index (χ4v) is 2.60. The molecular weight excluding hydrogens is 293 g/mol. The maximum absolute atomic E-state index is 12.7. The van der Waals surface area contributed by atoms with E-state index in [-0.39, 0.29) is 15.7 Å². The van der Waals surface area contributed by atoms with E-state index < -0.39 is 12.0 Å². The van der Waals surface area contributed by atoms with E-state index in [9.17, 15) is 18.3 Å². The van der Waals surface area contributed by atoms with Crippen molar-refractivity contribution in [3.63, 3.8) is 0 Å². The zero-order valence-electron chi connectivity index (χ0n) is 10.0. The number of phenols is 1. The Balaban J connectivity index is 2.19. The zero-order valence-corrected chi connectivity index (χ0v) is 10.8. The number of para-hydroxylation sites is 1. The number of nitrogens with zero attached hydrogens (tertiary/aromatic N) is 4. The maximum atomic E-state index is 12.7. The molecule has 0 fully saturated rings. The van der Waals surface area contributed by atoms with Gasteiger partial charge in [0.05, 0.1) is 5.56 Å². The summed E-state index contributed by atoms with van der Waals surface area (Å²) < 4.78 is 38.7. The molecule has 2 heterocycles. The van der Waals surface area contributed by atoms with Crippen molar-refractivity contribution in [3.05, 3.63) is 29.6 Å². The molecule has 0 aliphatic rings. The molecule has 104 valence electrons. The van der Waals surface area contributed by atoms with Crippen LogP contribution in [-0.2, 0) is 6.18 Å². The van der Waals surface area contributed by atoms with Gasteiger partial charge in [-0.3, -0.25) is 0 Å². The summed E-state index contributed by atoms with van der Waals surface area (Å²) in [4.78, 5) is 0.0215. The van der Waals surface area contributed by atoms with Crippen molar-refractivity contribution in [3.8, 4) is 16.3 Å². The van der Waals surface area contributed by atoms with Crippen LogP contribution in [0.2, 0.25) is 0 Å². The number of aryl methyl sites for hydroxylation is 1. The van der Waals surface area contributed by atoms with E-state index in [4.69, 9.17) is 0 Å². The molecule has 1 N–H and O–H groups in total. The predicted octanol–water partition coefficient (Wildman–Crippen LogP) is 2.89. The Morgan fingerprint density at radius 3 is 2.70 bits per heavy atom. The Kier molecular flexibility index (Phi) is 2.68. The monoisotopic (exact) mass is 300 g/mol. The number of alkyl halides is 3. The lowest BCUT2D eigenvalue weighted by Gasteiger charge is -2.03. The van der Waals surface area contributed by atoms with Crippen LogP contribution in [0.25, 0.3) is 15.5 Å². The standard InChI is InChI=1S/C11H7F3N4OS/c1-5-3-2-4-6(7(5)19)8-17-18-9(11(12,13)14)15-16-10(18)20-8/h2-4,19H,1H3. The van der Waals surface area contributed by atoms with Gasteiger partial charge in [0.15, 0.2) is 5.01 Å². The number of benzene rings is 1. The van der Waals surface area contributed by atoms with E-state index in [1.54, 1.807) is 25.1 Å². The van der Waals surface area contributed by atoms with Gasteiger partial charge in [0.1, 0.15) is 5.75 Å². The highest BCUT2D eigenvalue weighted by Gasteiger charge is 2.38. The molecular formula is C11H7F3N4OS. The van der Waals surface area contributed by atoms with Crippen molar-refractivity contribution in [2.24, 2.45) is 0 Å². The lowest BCUT2D eigenvalue weighted by molar-refractivity contribution is -0.146. The molecule has 0 bridgehead atoms. The van der Waals surface area contributed by atoms with Gasteiger partial charge in [-0.2, -0.15) is 22.8 Å². The highest BCUT2D eigenvalue weighted by atomic mass is 32.1. The van der Waals surface area contributed by atoms with Gasteiger partial charge in [-0.05, 0) is 18.6 Å². The lowest BCUT2D eigenvalue weighted by atomic mass is 10.1. The van der Waals surface area contributed by atoms with Crippen LogP contribution in [-0.4, -0.2) is 24.9 Å². The number of phenolic OH excluding ortho intramolecular Hbond substituents is 1. The van der Waals surface area contributed by atoms with Crippen LogP contribution in [0.15, 0.2) is 18.2 Å². The van der Waals surface area contributed by atoms with E-state index in [1.807, 2.05) is 0 Å². The Bertz CT molecular complexity index is 793. The summed E-state index contributed by atoms with van der Waals surface area (Å²) >= 11 is 0.928. The SMILES string of the molecule is Cc1cccc(-c2nn3c(C(F)(F)F)nnc3s2)c1O. The van der Waals surface area contributed by atoms with E-state index in [2.05, 4.69) is 15.3 Å². The average molecular weight is 300 g/mol. The van der Waals surface area contributed by atoms with Gasteiger partial charge in [0.2, 0.25) is 4.96 Å². The van der Waals surface area contributed by atoms with Crippen molar-refractivity contribution < 1.29 is 18.3 Å². The smallest absolute Gasteiger partial charge is 0.453 e. The number of fused-ring (bicyclic) bond motifs is 1. The molecule has 0 aliphatic heterocycles. The van der Waals surface area contributed by atoms with Gasteiger partial charge in [0.25, 0.3) is 5.82 Å². The molecule has 0 unspecified atom stereocenters. The minimum Gasteiger partial charge on any atom is -0.507 e. The van der Waals surface area contributed by atoms with Crippen LogP contribution in [0, 0.1) is 6.92 Å². The Morgan fingerprint density at radius 1 is 1.25 bits per heavy atom. The zero-order chi connectivity index (χ0) is 14.5. The van der Waals surface area contributed by atoms with Gasteiger partial charge < -0.3 is 5.11 Å². The second-order valence-corrected chi connectivity index (χ2v) is 5.05. The van der Waals surface area contributed by atoms with E-state index in [0.29, 0.717) is 15.6 Å². The van der Waals surface area contributed by atoms with Crippen LogP contribution in [0.4, 0.5) is 13.2 Å². The molecule has 0 amide bonds. The Morgan fingerprint density at radius 2 is 2.00 bits per heavy atom. The van der Waals surface area contributed by atoms with E-state index >= 15 is 0 Å². The van der Waals surface area contributed by atoms with Crippen LogP contribution in [0.3, 0.4) is 0 Å². The maximum Gasteiger partial charge on any atom is 0.453 e. The second-order valence-electron chi connectivity index (χ2n) is 4.09. The molecule has 0 saturated heterocycles. The molecule has 0 atom stereocenters. The van der Waals surface area contributed by atoms with Gasteiger partial charge in [-0.1, -0.05) is 23.5 Å². The molecule has 20 heavy (non-hydrogen) atoms. The van der Waals surface area contributed by atoms with Crippen molar-refractivity contribution >= 4 is 16.3 Å². The minimum absolute atomic E-state index is 0.00831. The quantitative estimate of drug-likeness (QED) is 0.750. The average Bonchev–Trinajstić information content (AvgIpc) is 2.90. The van der Waals surface area contributed by atoms with Crippen molar-refractivity contribution in [2.45, 2.75) is 13.1 Å². The summed E-state index contributed by atoms with van der Waals surface area (Å²) in [5.41, 5.74) is 0.984. The molecule has 0 saturated carbocycles. The fourth-order valence-electron chi connectivity index (χ4n) is 1.73. The molecule has 0 radical (unpaired) electrons. The van der Waals surface area contributed by atoms with Gasteiger partial charge in [-0.25, -0.2) is 0 Å². The first-order valence-electron chi connectivity index (χ1n) is 5.46. The Labute approximate surface area is 114 Å². The number of aromatic nitrogens is 4. The largest absolute Gasteiger partial charge is 0.507 e. The molecule has 9 heteroatoms. The predicted molar refractivity (Wildman–Crippen MR) is 65.5 cm³/mol. The minimum atomic E-state index is -4.63. The van der Waals surface area contributed by atoms with Crippen LogP contribution in [0.1, 0.15) is 11.4 Å². The first-order chi connectivity index (χ1) is 9.38. The summed E-state index contributed by atoms with van der Waals surface area (Å²) in [6.07, 6.45) is -4.63. The third-order valence-electron chi connectivity index (χ3n) is 2.71. The van der Waals surface area contributed by atoms with E-state index in [1.165, 1.54) is 0 Å². The third kappa shape index (κ3) is 1.90. The number of aromatic hydroxyl groups is 1. The summed E-state index contributed by atoms with van der Waals surface area (Å²) in [5, 5.41) is 20.6. The number of halogens is 3. The normalized spacial score (nSPS) is 12.2. The van der Waals surface area contributed by atoms with Gasteiger partial charge >= 0.3 is 6.18 Å². The summed E-state index contributed by atoms with van der Waals surface area (Å²) in [6, 6.07) is 4.97. The topological polar surface area (TPSA) is 63.3 Å².